The minimum absolute atomic E-state index is 0.0479. The van der Waals surface area contributed by atoms with Crippen LogP contribution in [0.3, 0.4) is 0 Å². The van der Waals surface area contributed by atoms with Gasteiger partial charge in [0.25, 0.3) is 5.56 Å². The normalized spacial score (nSPS) is 15.3. The van der Waals surface area contributed by atoms with Gasteiger partial charge in [0.05, 0.1) is 0 Å². The number of benzene rings is 2. The SMILES string of the molecule is O=c1[nH]cccc1CN1CCC(CCc2ccccc2CCc2ccccc2)CC1. The number of nitrogens with one attached hydrogen (secondary N) is 1. The summed E-state index contributed by atoms with van der Waals surface area (Å²) in [6.07, 6.45) is 8.83. The number of nitrogens with zero attached hydrogens (tertiary/aromatic N) is 1. The molecule has 1 aliphatic rings. The fourth-order valence-corrected chi connectivity index (χ4v) is 4.58. The molecule has 3 heteroatoms. The fraction of sp³-hybridized carbons (Fsp3) is 0.370. The van der Waals surface area contributed by atoms with Crippen molar-refractivity contribution in [3.05, 3.63) is 106 Å². The molecule has 0 amide bonds. The van der Waals surface area contributed by atoms with Crippen molar-refractivity contribution in [2.24, 2.45) is 5.92 Å². The Kier molecular flexibility index (Phi) is 7.15. The molecule has 30 heavy (non-hydrogen) atoms. The Morgan fingerprint density at radius 1 is 0.767 bits per heavy atom. The Hall–Kier alpha value is -2.65. The molecule has 3 nitrogen and oxygen atoms in total. The van der Waals surface area contributed by atoms with Gasteiger partial charge in [0.2, 0.25) is 0 Å². The third kappa shape index (κ3) is 5.70. The van der Waals surface area contributed by atoms with E-state index in [0.29, 0.717) is 0 Å². The van der Waals surface area contributed by atoms with E-state index in [1.54, 1.807) is 6.20 Å². The van der Waals surface area contributed by atoms with E-state index in [-0.39, 0.29) is 5.56 Å². The van der Waals surface area contributed by atoms with Gasteiger partial charge in [-0.05, 0) is 80.3 Å². The molecule has 0 radical (unpaired) electrons. The van der Waals surface area contributed by atoms with Gasteiger partial charge in [-0.1, -0.05) is 60.7 Å². The Balaban J connectivity index is 1.26. The van der Waals surface area contributed by atoms with Gasteiger partial charge in [-0.3, -0.25) is 9.69 Å². The Morgan fingerprint density at radius 3 is 2.17 bits per heavy atom. The summed E-state index contributed by atoms with van der Waals surface area (Å²) in [6.45, 7) is 2.95. The topological polar surface area (TPSA) is 36.1 Å². The predicted molar refractivity (Wildman–Crippen MR) is 124 cm³/mol. The third-order valence-corrected chi connectivity index (χ3v) is 6.47. The molecular formula is C27H32N2O. The smallest absolute Gasteiger partial charge is 0.252 e. The van der Waals surface area contributed by atoms with E-state index >= 15 is 0 Å². The summed E-state index contributed by atoms with van der Waals surface area (Å²) < 4.78 is 0. The summed E-state index contributed by atoms with van der Waals surface area (Å²) >= 11 is 0. The van der Waals surface area contributed by atoms with Crippen molar-refractivity contribution in [1.82, 2.24) is 9.88 Å². The molecule has 2 heterocycles. The van der Waals surface area contributed by atoms with Crippen LogP contribution in [0.5, 0.6) is 0 Å². The van der Waals surface area contributed by atoms with Crippen LogP contribution in [0, 0.1) is 5.92 Å². The van der Waals surface area contributed by atoms with Gasteiger partial charge in [-0.2, -0.15) is 0 Å². The molecule has 0 bridgehead atoms. The van der Waals surface area contributed by atoms with E-state index in [0.717, 1.165) is 44.0 Å². The largest absolute Gasteiger partial charge is 0.329 e. The molecule has 0 unspecified atom stereocenters. The molecule has 1 fully saturated rings. The monoisotopic (exact) mass is 400 g/mol. The summed E-state index contributed by atoms with van der Waals surface area (Å²) in [6, 6.07) is 23.6. The van der Waals surface area contributed by atoms with Crippen LogP contribution in [-0.2, 0) is 25.8 Å². The number of aromatic nitrogens is 1. The van der Waals surface area contributed by atoms with E-state index in [4.69, 9.17) is 0 Å². The van der Waals surface area contributed by atoms with Crippen LogP contribution in [0.2, 0.25) is 0 Å². The van der Waals surface area contributed by atoms with E-state index in [1.165, 1.54) is 42.4 Å². The first-order valence-corrected chi connectivity index (χ1v) is 11.3. The van der Waals surface area contributed by atoms with E-state index in [1.807, 2.05) is 12.1 Å². The molecule has 4 rings (SSSR count). The zero-order valence-corrected chi connectivity index (χ0v) is 17.7. The minimum atomic E-state index is 0.0479. The van der Waals surface area contributed by atoms with E-state index in [9.17, 15) is 4.79 Å². The van der Waals surface area contributed by atoms with Crippen LogP contribution in [0.15, 0.2) is 77.7 Å². The second-order valence-corrected chi connectivity index (χ2v) is 8.54. The summed E-state index contributed by atoms with van der Waals surface area (Å²) in [5.41, 5.74) is 5.36. The summed E-state index contributed by atoms with van der Waals surface area (Å²) in [7, 11) is 0. The standard InChI is InChI=1S/C27H32N2O/c30-27-26(11-6-18-28-27)21-29-19-16-23(17-20-29)13-15-25-10-5-4-9-24(25)14-12-22-7-2-1-3-8-22/h1-11,18,23H,12-17,19-21H2,(H,28,30). The van der Waals surface area contributed by atoms with Crippen LogP contribution >= 0.6 is 0 Å². The number of piperidine rings is 1. The molecular weight excluding hydrogens is 368 g/mol. The number of hydrogen-bond donors (Lipinski definition) is 1. The quantitative estimate of drug-likeness (QED) is 0.577. The van der Waals surface area contributed by atoms with Crippen molar-refractivity contribution in [2.75, 3.05) is 13.1 Å². The van der Waals surface area contributed by atoms with Crippen LogP contribution < -0.4 is 5.56 Å². The lowest BCUT2D eigenvalue weighted by Gasteiger charge is -2.32. The fourth-order valence-electron chi connectivity index (χ4n) is 4.58. The number of pyridine rings is 1. The van der Waals surface area contributed by atoms with Crippen molar-refractivity contribution in [2.45, 2.75) is 45.1 Å². The Bertz CT molecular complexity index is 971. The molecule has 0 atom stereocenters. The molecule has 1 aromatic heterocycles. The number of aryl methyl sites for hydroxylation is 3. The highest BCUT2D eigenvalue weighted by atomic mass is 16.1. The first-order chi connectivity index (χ1) is 14.8. The Labute approximate surface area is 179 Å². The summed E-state index contributed by atoms with van der Waals surface area (Å²) in [5, 5.41) is 0. The van der Waals surface area contributed by atoms with Crippen LogP contribution in [-0.4, -0.2) is 23.0 Å². The molecule has 0 aliphatic carbocycles. The maximum Gasteiger partial charge on any atom is 0.252 e. The van der Waals surface area contributed by atoms with Crippen molar-refractivity contribution in [1.29, 1.82) is 0 Å². The van der Waals surface area contributed by atoms with Gasteiger partial charge >= 0.3 is 0 Å². The van der Waals surface area contributed by atoms with Gasteiger partial charge in [0.1, 0.15) is 0 Å². The molecule has 0 saturated carbocycles. The maximum absolute atomic E-state index is 11.9. The summed E-state index contributed by atoms with van der Waals surface area (Å²) in [5.74, 6) is 0.789. The highest BCUT2D eigenvalue weighted by molar-refractivity contribution is 5.29. The molecule has 1 N–H and O–H groups in total. The second-order valence-electron chi connectivity index (χ2n) is 8.54. The lowest BCUT2D eigenvalue weighted by Crippen LogP contribution is -2.35. The highest BCUT2D eigenvalue weighted by Crippen LogP contribution is 2.24. The third-order valence-electron chi connectivity index (χ3n) is 6.47. The first-order valence-electron chi connectivity index (χ1n) is 11.3. The van der Waals surface area contributed by atoms with Crippen molar-refractivity contribution in [3.63, 3.8) is 0 Å². The number of aromatic amines is 1. The van der Waals surface area contributed by atoms with Crippen molar-refractivity contribution >= 4 is 0 Å². The van der Waals surface area contributed by atoms with Gasteiger partial charge < -0.3 is 4.98 Å². The number of likely N-dealkylation sites (tertiary alicyclic amines) is 1. The first kappa shape index (κ1) is 20.6. The van der Waals surface area contributed by atoms with Crippen LogP contribution in [0.4, 0.5) is 0 Å². The molecule has 3 aromatic rings. The molecule has 156 valence electrons. The van der Waals surface area contributed by atoms with Gasteiger partial charge in [-0.15, -0.1) is 0 Å². The molecule has 0 spiro atoms. The molecule has 1 saturated heterocycles. The lowest BCUT2D eigenvalue weighted by atomic mass is 9.88. The summed E-state index contributed by atoms with van der Waals surface area (Å²) in [4.78, 5) is 17.1. The molecule has 1 aliphatic heterocycles. The van der Waals surface area contributed by atoms with Crippen LogP contribution in [0.1, 0.15) is 41.5 Å². The highest BCUT2D eigenvalue weighted by Gasteiger charge is 2.20. The van der Waals surface area contributed by atoms with E-state index in [2.05, 4.69) is 64.5 Å². The van der Waals surface area contributed by atoms with Gasteiger partial charge in [-0.25, -0.2) is 0 Å². The average Bonchev–Trinajstić information content (AvgIpc) is 2.80. The number of H-pyrrole nitrogens is 1. The lowest BCUT2D eigenvalue weighted by molar-refractivity contribution is 0.172. The average molecular weight is 401 g/mol. The number of rotatable bonds is 8. The minimum Gasteiger partial charge on any atom is -0.329 e. The van der Waals surface area contributed by atoms with Crippen LogP contribution in [0.25, 0.3) is 0 Å². The molecule has 2 aromatic carbocycles. The zero-order chi connectivity index (χ0) is 20.6. The van der Waals surface area contributed by atoms with E-state index < -0.39 is 0 Å². The Morgan fingerprint density at radius 2 is 1.43 bits per heavy atom. The van der Waals surface area contributed by atoms with Gasteiger partial charge in [0, 0.05) is 18.3 Å². The second kappa shape index (κ2) is 10.4. The van der Waals surface area contributed by atoms with Gasteiger partial charge in [0.15, 0.2) is 0 Å². The zero-order valence-electron chi connectivity index (χ0n) is 17.7. The van der Waals surface area contributed by atoms with Crippen molar-refractivity contribution < 1.29 is 0 Å². The van der Waals surface area contributed by atoms with Crippen molar-refractivity contribution in [3.8, 4) is 0 Å². The predicted octanol–water partition coefficient (Wildman–Crippen LogP) is 5.00. The number of hydrogen-bond acceptors (Lipinski definition) is 2. The maximum atomic E-state index is 11.9.